The van der Waals surface area contributed by atoms with Crippen LogP contribution in [0.3, 0.4) is 0 Å². The highest BCUT2D eigenvalue weighted by molar-refractivity contribution is 7.83. The highest BCUT2D eigenvalue weighted by Crippen LogP contribution is 2.24. The first-order valence-electron chi connectivity index (χ1n) is 5.70. The molecule has 1 aromatic rings. The van der Waals surface area contributed by atoms with Crippen molar-refractivity contribution in [3.63, 3.8) is 0 Å². The van der Waals surface area contributed by atoms with Gasteiger partial charge in [0.15, 0.2) is 0 Å². The molecular formula is C12H15ClN2O2S. The Labute approximate surface area is 114 Å². The molecule has 0 unspecified atom stereocenters. The monoisotopic (exact) mass is 286 g/mol. The van der Waals surface area contributed by atoms with Gasteiger partial charge in [-0.25, -0.2) is 4.79 Å². The van der Waals surface area contributed by atoms with Gasteiger partial charge in [-0.05, 0) is 30.5 Å². The maximum atomic E-state index is 11.6. The lowest BCUT2D eigenvalue weighted by Gasteiger charge is -2.10. The van der Waals surface area contributed by atoms with Crippen molar-refractivity contribution < 1.29 is 9.00 Å². The van der Waals surface area contributed by atoms with E-state index in [9.17, 15) is 9.00 Å². The zero-order valence-corrected chi connectivity index (χ0v) is 11.6. The molecule has 0 aliphatic heterocycles. The van der Waals surface area contributed by atoms with E-state index in [1.165, 1.54) is 0 Å². The third-order valence-corrected chi connectivity index (χ3v) is 3.63. The minimum Gasteiger partial charge on any atom is -0.335 e. The van der Waals surface area contributed by atoms with Crippen LogP contribution in [0.2, 0.25) is 5.02 Å². The molecule has 1 fully saturated rings. The predicted molar refractivity (Wildman–Crippen MR) is 74.4 cm³/mol. The summed E-state index contributed by atoms with van der Waals surface area (Å²) in [4.78, 5) is 11.6. The van der Waals surface area contributed by atoms with Crippen LogP contribution in [0.15, 0.2) is 18.2 Å². The van der Waals surface area contributed by atoms with Crippen LogP contribution in [0.4, 0.5) is 10.5 Å². The lowest BCUT2D eigenvalue weighted by atomic mass is 10.2. The second-order valence-electron chi connectivity index (χ2n) is 4.40. The van der Waals surface area contributed by atoms with Gasteiger partial charge in [-0.15, -0.1) is 0 Å². The summed E-state index contributed by atoms with van der Waals surface area (Å²) in [7, 11) is -0.915. The third-order valence-electron chi connectivity index (χ3n) is 2.56. The molecule has 0 spiro atoms. The number of halogens is 1. The van der Waals surface area contributed by atoms with Crippen LogP contribution >= 0.6 is 11.6 Å². The summed E-state index contributed by atoms with van der Waals surface area (Å²) in [5, 5.41) is 6.01. The minimum absolute atomic E-state index is 0.242. The van der Waals surface area contributed by atoms with E-state index in [0.717, 1.165) is 18.4 Å². The van der Waals surface area contributed by atoms with Crippen LogP contribution in [0.5, 0.6) is 0 Å². The lowest BCUT2D eigenvalue weighted by molar-refractivity contribution is 0.251. The van der Waals surface area contributed by atoms with E-state index in [1.807, 2.05) is 6.07 Å². The Morgan fingerprint density at radius 3 is 2.83 bits per heavy atom. The van der Waals surface area contributed by atoms with Crippen LogP contribution in [-0.4, -0.2) is 22.5 Å². The topological polar surface area (TPSA) is 58.2 Å². The molecule has 0 saturated heterocycles. The molecule has 4 nitrogen and oxygen atoms in total. The zero-order chi connectivity index (χ0) is 13.1. The zero-order valence-electron chi connectivity index (χ0n) is 10.0. The minimum atomic E-state index is -0.915. The average Bonchev–Trinajstić information content (AvgIpc) is 3.06. The van der Waals surface area contributed by atoms with Gasteiger partial charge in [0.2, 0.25) is 0 Å². The molecule has 0 bridgehead atoms. The molecule has 1 aliphatic rings. The number of hydrogen-bond acceptors (Lipinski definition) is 2. The molecule has 98 valence electrons. The van der Waals surface area contributed by atoms with E-state index >= 15 is 0 Å². The maximum Gasteiger partial charge on any atom is 0.319 e. The van der Waals surface area contributed by atoms with Gasteiger partial charge >= 0.3 is 6.03 Å². The molecular weight excluding hydrogens is 272 g/mol. The van der Waals surface area contributed by atoms with Crippen LogP contribution in [0.1, 0.15) is 18.4 Å². The Bertz CT molecular complexity index is 489. The number of nitrogens with one attached hydrogen (secondary N) is 2. The van der Waals surface area contributed by atoms with E-state index in [4.69, 9.17) is 11.6 Å². The first-order chi connectivity index (χ1) is 8.54. The molecule has 0 aromatic heterocycles. The quantitative estimate of drug-likeness (QED) is 0.893. The van der Waals surface area contributed by atoms with Crippen LogP contribution in [-0.2, 0) is 16.6 Å². The van der Waals surface area contributed by atoms with Crippen LogP contribution in [0, 0.1) is 0 Å². The first-order valence-corrected chi connectivity index (χ1v) is 7.81. The number of amides is 2. The summed E-state index contributed by atoms with van der Waals surface area (Å²) >= 11 is 6.01. The first kappa shape index (κ1) is 13.4. The van der Waals surface area contributed by atoms with E-state index in [2.05, 4.69) is 10.6 Å². The number of urea groups is 1. The van der Waals surface area contributed by atoms with E-state index in [1.54, 1.807) is 18.4 Å². The SMILES string of the molecule is C[S@](=O)Cc1ccc(Cl)c(NC(=O)NC2CC2)c1. The van der Waals surface area contributed by atoms with Gasteiger partial charge in [-0.2, -0.15) is 0 Å². The number of carbonyl (C=O) groups excluding carboxylic acids is 1. The van der Waals surface area contributed by atoms with Crippen molar-refractivity contribution >= 4 is 34.1 Å². The second-order valence-corrected chi connectivity index (χ2v) is 6.25. The number of anilines is 1. The van der Waals surface area contributed by atoms with E-state index < -0.39 is 10.8 Å². The van der Waals surface area contributed by atoms with Crippen molar-refractivity contribution in [1.82, 2.24) is 5.32 Å². The highest BCUT2D eigenvalue weighted by atomic mass is 35.5. The smallest absolute Gasteiger partial charge is 0.319 e. The molecule has 2 amide bonds. The van der Waals surface area contributed by atoms with Crippen LogP contribution in [0.25, 0.3) is 0 Å². The Balaban J connectivity index is 2.04. The average molecular weight is 287 g/mol. The highest BCUT2D eigenvalue weighted by Gasteiger charge is 2.23. The fourth-order valence-corrected chi connectivity index (χ4v) is 2.38. The molecule has 1 saturated carbocycles. The summed E-state index contributed by atoms with van der Waals surface area (Å²) in [5.41, 5.74) is 1.44. The molecule has 0 heterocycles. The number of carbonyl (C=O) groups is 1. The fraction of sp³-hybridized carbons (Fsp3) is 0.417. The second kappa shape index (κ2) is 5.71. The molecule has 1 atom stereocenters. The fourth-order valence-electron chi connectivity index (χ4n) is 1.56. The van der Waals surface area contributed by atoms with Crippen molar-refractivity contribution in [2.75, 3.05) is 11.6 Å². The molecule has 1 aliphatic carbocycles. The molecule has 0 radical (unpaired) electrons. The van der Waals surface area contributed by atoms with Gasteiger partial charge in [-0.1, -0.05) is 17.7 Å². The van der Waals surface area contributed by atoms with Crippen molar-refractivity contribution in [3.05, 3.63) is 28.8 Å². The van der Waals surface area contributed by atoms with Gasteiger partial charge in [0.1, 0.15) is 0 Å². The summed E-state index contributed by atoms with van der Waals surface area (Å²) < 4.78 is 11.2. The van der Waals surface area contributed by atoms with Crippen LogP contribution < -0.4 is 10.6 Å². The van der Waals surface area contributed by atoms with Crippen molar-refractivity contribution in [3.8, 4) is 0 Å². The number of benzene rings is 1. The summed E-state index contributed by atoms with van der Waals surface area (Å²) in [5.74, 6) is 0.454. The number of rotatable bonds is 4. The Morgan fingerprint density at radius 2 is 2.22 bits per heavy atom. The van der Waals surface area contributed by atoms with Gasteiger partial charge in [0.05, 0.1) is 10.7 Å². The standard InChI is InChI=1S/C12H15ClN2O2S/c1-18(17)7-8-2-5-10(13)11(6-8)15-12(16)14-9-3-4-9/h2,5-6,9H,3-4,7H2,1H3,(H2,14,15,16)/t18-/m0/s1. The third kappa shape index (κ3) is 3.99. The summed E-state index contributed by atoms with van der Waals surface area (Å²) in [6, 6.07) is 5.34. The van der Waals surface area contributed by atoms with Gasteiger partial charge in [0, 0.05) is 28.9 Å². The molecule has 2 N–H and O–H groups in total. The Hall–Kier alpha value is -1.07. The molecule has 6 heteroatoms. The van der Waals surface area contributed by atoms with E-state index in [0.29, 0.717) is 22.5 Å². The largest absolute Gasteiger partial charge is 0.335 e. The maximum absolute atomic E-state index is 11.6. The van der Waals surface area contributed by atoms with Crippen molar-refractivity contribution in [2.45, 2.75) is 24.6 Å². The normalized spacial score (nSPS) is 16.1. The molecule has 18 heavy (non-hydrogen) atoms. The summed E-state index contributed by atoms with van der Waals surface area (Å²) in [6.45, 7) is 0. The molecule has 1 aromatic carbocycles. The van der Waals surface area contributed by atoms with Gasteiger partial charge in [0.25, 0.3) is 0 Å². The number of hydrogen-bond donors (Lipinski definition) is 2. The van der Waals surface area contributed by atoms with Crippen molar-refractivity contribution in [1.29, 1.82) is 0 Å². The van der Waals surface area contributed by atoms with Gasteiger partial charge in [-0.3, -0.25) is 4.21 Å². The predicted octanol–water partition coefficient (Wildman–Crippen LogP) is 2.50. The Morgan fingerprint density at radius 1 is 1.50 bits per heavy atom. The molecule has 2 rings (SSSR count). The Kier molecular flexibility index (Phi) is 4.24. The van der Waals surface area contributed by atoms with E-state index in [-0.39, 0.29) is 6.03 Å². The lowest BCUT2D eigenvalue weighted by Crippen LogP contribution is -2.30. The summed E-state index contributed by atoms with van der Waals surface area (Å²) in [6.07, 6.45) is 3.72. The van der Waals surface area contributed by atoms with Gasteiger partial charge < -0.3 is 10.6 Å². The van der Waals surface area contributed by atoms with Crippen molar-refractivity contribution in [2.24, 2.45) is 0 Å².